The van der Waals surface area contributed by atoms with Gasteiger partial charge in [0.2, 0.25) is 0 Å². The molecule has 0 bridgehead atoms. The number of ether oxygens (including phenoxy) is 1. The Bertz CT molecular complexity index is 269. The van der Waals surface area contributed by atoms with E-state index in [1.54, 1.807) is 7.11 Å². The molecule has 0 spiro atoms. The molecule has 2 N–H and O–H groups in total. The molecule has 1 heterocycles. The molecular formula is C8H10Cl2N2O. The summed E-state index contributed by atoms with van der Waals surface area (Å²) in [5, 5.41) is 0.953. The molecule has 0 aliphatic carbocycles. The van der Waals surface area contributed by atoms with Gasteiger partial charge >= 0.3 is 0 Å². The van der Waals surface area contributed by atoms with Gasteiger partial charge in [0.25, 0.3) is 0 Å². The molecule has 0 aliphatic rings. The monoisotopic (exact) mass is 220 g/mol. The Balaban J connectivity index is 3.10. The Morgan fingerprint density at radius 3 is 2.38 bits per heavy atom. The van der Waals surface area contributed by atoms with Crippen molar-refractivity contribution in [1.82, 2.24) is 4.98 Å². The zero-order valence-corrected chi connectivity index (χ0v) is 8.64. The van der Waals surface area contributed by atoms with E-state index in [1.807, 2.05) is 0 Å². The van der Waals surface area contributed by atoms with Gasteiger partial charge in [-0.15, -0.1) is 0 Å². The van der Waals surface area contributed by atoms with Crippen LogP contribution in [0.4, 0.5) is 0 Å². The molecule has 0 aromatic carbocycles. The number of aromatic nitrogens is 1. The molecule has 0 saturated heterocycles. The zero-order valence-electron chi connectivity index (χ0n) is 7.13. The third-order valence-corrected chi connectivity index (χ3v) is 2.31. The van der Waals surface area contributed by atoms with Crippen molar-refractivity contribution in [3.05, 3.63) is 28.0 Å². The van der Waals surface area contributed by atoms with Crippen LogP contribution in [0.3, 0.4) is 0 Å². The van der Waals surface area contributed by atoms with Crippen LogP contribution in [0.1, 0.15) is 11.7 Å². The smallest absolute Gasteiger partial charge is 0.0973 e. The van der Waals surface area contributed by atoms with Gasteiger partial charge in [0, 0.05) is 31.6 Å². The number of rotatable bonds is 3. The third-order valence-electron chi connectivity index (χ3n) is 1.71. The minimum Gasteiger partial charge on any atom is -0.375 e. The van der Waals surface area contributed by atoms with Crippen LogP contribution in [0.2, 0.25) is 10.0 Å². The van der Waals surface area contributed by atoms with Gasteiger partial charge in [0.05, 0.1) is 16.1 Å². The summed E-state index contributed by atoms with van der Waals surface area (Å²) >= 11 is 11.8. The number of pyridine rings is 1. The minimum atomic E-state index is -0.275. The molecule has 72 valence electrons. The van der Waals surface area contributed by atoms with Crippen LogP contribution < -0.4 is 5.73 Å². The number of nitrogens with two attached hydrogens (primary N) is 1. The Kier molecular flexibility index (Phi) is 3.93. The topological polar surface area (TPSA) is 48.1 Å². The number of nitrogens with zero attached hydrogens (tertiary/aromatic N) is 1. The molecule has 1 aromatic heterocycles. The molecule has 0 radical (unpaired) electrons. The third kappa shape index (κ3) is 2.31. The summed E-state index contributed by atoms with van der Waals surface area (Å²) in [5.41, 5.74) is 6.19. The van der Waals surface area contributed by atoms with Gasteiger partial charge < -0.3 is 10.5 Å². The fourth-order valence-corrected chi connectivity index (χ4v) is 1.67. The molecular weight excluding hydrogens is 211 g/mol. The average Bonchev–Trinajstić information content (AvgIpc) is 2.11. The van der Waals surface area contributed by atoms with Gasteiger partial charge in [-0.05, 0) is 0 Å². The van der Waals surface area contributed by atoms with Crippen LogP contribution in [0, 0.1) is 0 Å². The van der Waals surface area contributed by atoms with Gasteiger partial charge in [0.1, 0.15) is 0 Å². The van der Waals surface area contributed by atoms with Crippen LogP contribution >= 0.6 is 23.2 Å². The fraction of sp³-hybridized carbons (Fsp3) is 0.375. The van der Waals surface area contributed by atoms with Crippen LogP contribution in [0.15, 0.2) is 12.4 Å². The van der Waals surface area contributed by atoms with Crippen molar-refractivity contribution in [2.75, 3.05) is 13.7 Å². The van der Waals surface area contributed by atoms with Gasteiger partial charge in [-0.25, -0.2) is 0 Å². The van der Waals surface area contributed by atoms with E-state index in [0.29, 0.717) is 22.2 Å². The molecule has 0 saturated carbocycles. The summed E-state index contributed by atoms with van der Waals surface area (Å²) < 4.78 is 5.13. The number of halogens is 2. The van der Waals surface area contributed by atoms with Crippen molar-refractivity contribution in [1.29, 1.82) is 0 Å². The van der Waals surface area contributed by atoms with E-state index in [0.717, 1.165) is 0 Å². The van der Waals surface area contributed by atoms with E-state index in [-0.39, 0.29) is 6.10 Å². The highest BCUT2D eigenvalue weighted by Gasteiger charge is 2.16. The first-order valence-electron chi connectivity index (χ1n) is 3.72. The van der Waals surface area contributed by atoms with Crippen molar-refractivity contribution < 1.29 is 4.74 Å². The van der Waals surface area contributed by atoms with Crippen molar-refractivity contribution in [2.45, 2.75) is 6.10 Å². The van der Waals surface area contributed by atoms with E-state index in [2.05, 4.69) is 4.98 Å². The van der Waals surface area contributed by atoms with Crippen LogP contribution in [-0.2, 0) is 4.74 Å². The maximum absolute atomic E-state index is 5.90. The second-order valence-electron chi connectivity index (χ2n) is 2.48. The van der Waals surface area contributed by atoms with Gasteiger partial charge in [-0.1, -0.05) is 23.2 Å². The van der Waals surface area contributed by atoms with Crippen molar-refractivity contribution in [3.8, 4) is 0 Å². The van der Waals surface area contributed by atoms with E-state index in [9.17, 15) is 0 Å². The number of methoxy groups -OCH3 is 1. The lowest BCUT2D eigenvalue weighted by Crippen LogP contribution is -2.15. The lowest BCUT2D eigenvalue weighted by molar-refractivity contribution is 0.110. The summed E-state index contributed by atoms with van der Waals surface area (Å²) in [5.74, 6) is 0. The molecule has 1 aromatic rings. The maximum atomic E-state index is 5.90. The Labute approximate surface area is 86.8 Å². The second-order valence-corrected chi connectivity index (χ2v) is 3.29. The first-order valence-corrected chi connectivity index (χ1v) is 4.48. The molecule has 3 nitrogen and oxygen atoms in total. The first kappa shape index (κ1) is 10.7. The average molecular weight is 221 g/mol. The van der Waals surface area contributed by atoms with Crippen molar-refractivity contribution in [2.24, 2.45) is 5.73 Å². The molecule has 1 atom stereocenters. The van der Waals surface area contributed by atoms with E-state index in [4.69, 9.17) is 33.7 Å². The number of hydrogen-bond donors (Lipinski definition) is 1. The van der Waals surface area contributed by atoms with Crippen LogP contribution in [0.5, 0.6) is 0 Å². The van der Waals surface area contributed by atoms with Gasteiger partial charge in [-0.2, -0.15) is 0 Å². The zero-order chi connectivity index (χ0) is 9.84. The summed E-state index contributed by atoms with van der Waals surface area (Å²) in [6, 6.07) is 0. The highest BCUT2D eigenvalue weighted by atomic mass is 35.5. The Morgan fingerprint density at radius 2 is 2.00 bits per heavy atom. The molecule has 0 aliphatic heterocycles. The van der Waals surface area contributed by atoms with Crippen molar-refractivity contribution in [3.63, 3.8) is 0 Å². The van der Waals surface area contributed by atoms with Crippen LogP contribution in [-0.4, -0.2) is 18.6 Å². The summed E-state index contributed by atoms with van der Waals surface area (Å²) in [4.78, 5) is 3.84. The van der Waals surface area contributed by atoms with E-state index >= 15 is 0 Å². The molecule has 0 amide bonds. The highest BCUT2D eigenvalue weighted by Crippen LogP contribution is 2.30. The molecule has 0 fully saturated rings. The Morgan fingerprint density at radius 1 is 1.46 bits per heavy atom. The largest absolute Gasteiger partial charge is 0.375 e. The predicted octanol–water partition coefficient (Wildman–Crippen LogP) is 2.03. The lowest BCUT2D eigenvalue weighted by Gasteiger charge is -2.15. The Hall–Kier alpha value is -0.350. The molecule has 13 heavy (non-hydrogen) atoms. The summed E-state index contributed by atoms with van der Waals surface area (Å²) in [7, 11) is 1.56. The maximum Gasteiger partial charge on any atom is 0.0973 e. The SMILES string of the molecule is COC(CN)c1c(Cl)cncc1Cl. The minimum absolute atomic E-state index is 0.275. The van der Waals surface area contributed by atoms with E-state index in [1.165, 1.54) is 12.4 Å². The lowest BCUT2D eigenvalue weighted by atomic mass is 10.1. The first-order chi connectivity index (χ1) is 6.20. The standard InChI is InChI=1S/C8H10Cl2N2O/c1-13-7(2-11)8-5(9)3-12-4-6(8)10/h3-4,7H,2,11H2,1H3. The summed E-state index contributed by atoms with van der Waals surface area (Å²) in [6.07, 6.45) is 2.76. The van der Waals surface area contributed by atoms with E-state index < -0.39 is 0 Å². The molecule has 5 heteroatoms. The van der Waals surface area contributed by atoms with Crippen LogP contribution in [0.25, 0.3) is 0 Å². The van der Waals surface area contributed by atoms with Crippen molar-refractivity contribution >= 4 is 23.2 Å². The molecule has 1 rings (SSSR count). The molecule has 1 unspecified atom stereocenters. The van der Waals surface area contributed by atoms with Gasteiger partial charge in [0.15, 0.2) is 0 Å². The normalized spacial score (nSPS) is 12.9. The second kappa shape index (κ2) is 4.77. The highest BCUT2D eigenvalue weighted by molar-refractivity contribution is 6.35. The van der Waals surface area contributed by atoms with Gasteiger partial charge in [-0.3, -0.25) is 4.98 Å². The summed E-state index contributed by atoms with van der Waals surface area (Å²) in [6.45, 7) is 0.333. The quantitative estimate of drug-likeness (QED) is 0.849. The number of hydrogen-bond acceptors (Lipinski definition) is 3. The predicted molar refractivity (Wildman–Crippen MR) is 53.1 cm³/mol. The fourth-order valence-electron chi connectivity index (χ4n) is 1.06.